The zero-order chi connectivity index (χ0) is 20.3. The molecule has 1 aromatic carbocycles. The van der Waals surface area contributed by atoms with E-state index in [1.165, 1.54) is 36.0 Å². The number of hydrogen-bond donors (Lipinski definition) is 2. The van der Waals surface area contributed by atoms with E-state index < -0.39 is 29.2 Å². The molecule has 2 N–H and O–H groups in total. The molecular formula is C17H14N2O8S. The molecule has 2 atom stereocenters. The summed E-state index contributed by atoms with van der Waals surface area (Å²) in [5.41, 5.74) is 0.251. The van der Waals surface area contributed by atoms with Crippen LogP contribution in [-0.2, 0) is 30.4 Å². The third kappa shape index (κ3) is 3.69. The fourth-order valence-electron chi connectivity index (χ4n) is 2.91. The second-order valence-corrected chi connectivity index (χ2v) is 6.90. The lowest BCUT2D eigenvalue weighted by Crippen LogP contribution is -2.70. The standard InChI is InChI=1S/C17H14N2O8S/c20-7-26-10-2-1-9(12(6-10)27-8-21)5-13(22)18-14-15(23)19-11(17(24)25)3-4-28-16(14)19/h1-3,6-8,14,16H,4-5H2,(H,18,22)(H,24,25)/t14?,16-/m0/s1. The smallest absolute Gasteiger partial charge is 0.352 e. The molecule has 1 unspecified atom stereocenters. The Morgan fingerprint density at radius 3 is 2.71 bits per heavy atom. The first kappa shape index (κ1) is 19.4. The van der Waals surface area contributed by atoms with Gasteiger partial charge in [-0.3, -0.25) is 24.1 Å². The average molecular weight is 406 g/mol. The number of carboxylic acid groups (broad SMARTS) is 1. The van der Waals surface area contributed by atoms with Crippen molar-refractivity contribution in [2.24, 2.45) is 0 Å². The molecule has 28 heavy (non-hydrogen) atoms. The van der Waals surface area contributed by atoms with Crippen molar-refractivity contribution < 1.29 is 38.6 Å². The molecule has 11 heteroatoms. The van der Waals surface area contributed by atoms with Crippen LogP contribution in [0.2, 0.25) is 0 Å². The van der Waals surface area contributed by atoms with Gasteiger partial charge in [0, 0.05) is 17.4 Å². The molecule has 0 aliphatic carbocycles. The molecule has 2 amide bonds. The Labute approximate surface area is 162 Å². The summed E-state index contributed by atoms with van der Waals surface area (Å²) in [7, 11) is 0. The van der Waals surface area contributed by atoms with E-state index in [1.807, 2.05) is 0 Å². The number of amides is 2. The van der Waals surface area contributed by atoms with Crippen molar-refractivity contribution in [1.29, 1.82) is 0 Å². The average Bonchev–Trinajstić information content (AvgIpc) is 2.67. The zero-order valence-corrected chi connectivity index (χ0v) is 15.0. The van der Waals surface area contributed by atoms with Gasteiger partial charge in [-0.25, -0.2) is 4.79 Å². The van der Waals surface area contributed by atoms with Crippen molar-refractivity contribution in [3.05, 3.63) is 35.5 Å². The third-order valence-electron chi connectivity index (χ3n) is 4.13. The summed E-state index contributed by atoms with van der Waals surface area (Å²) in [4.78, 5) is 58.0. The van der Waals surface area contributed by atoms with Gasteiger partial charge in [-0.05, 0) is 12.1 Å². The molecule has 2 aliphatic rings. The Morgan fingerprint density at radius 2 is 2.04 bits per heavy atom. The number of hydrogen-bond acceptors (Lipinski definition) is 8. The fourth-order valence-corrected chi connectivity index (χ4v) is 4.10. The molecule has 2 aliphatic heterocycles. The van der Waals surface area contributed by atoms with Crippen LogP contribution in [-0.4, -0.2) is 57.9 Å². The summed E-state index contributed by atoms with van der Waals surface area (Å²) in [5, 5.41) is 11.2. The van der Waals surface area contributed by atoms with Gasteiger partial charge in [0.15, 0.2) is 0 Å². The number of β-lactam (4-membered cyclic amide) rings is 1. The van der Waals surface area contributed by atoms with Crippen molar-refractivity contribution in [2.45, 2.75) is 17.8 Å². The number of carbonyl (C=O) groups excluding carboxylic acids is 4. The number of carboxylic acids is 1. The molecule has 0 aromatic heterocycles. The highest BCUT2D eigenvalue weighted by molar-refractivity contribution is 8.00. The number of nitrogens with zero attached hydrogens (tertiary/aromatic N) is 1. The molecule has 1 aromatic rings. The van der Waals surface area contributed by atoms with Gasteiger partial charge < -0.3 is 19.9 Å². The normalized spacial score (nSPS) is 20.2. The SMILES string of the molecule is O=COc1ccc(CC(=O)NC2C(=O)N3C(C(=O)O)=CCS[C@@H]23)c(OC=O)c1. The number of aliphatic carboxylic acids is 1. The van der Waals surface area contributed by atoms with E-state index in [9.17, 15) is 24.0 Å². The van der Waals surface area contributed by atoms with Gasteiger partial charge in [0.2, 0.25) is 5.91 Å². The summed E-state index contributed by atoms with van der Waals surface area (Å²) < 4.78 is 9.47. The fraction of sp³-hybridized carbons (Fsp3) is 0.235. The van der Waals surface area contributed by atoms with Crippen molar-refractivity contribution in [3.8, 4) is 11.5 Å². The summed E-state index contributed by atoms with van der Waals surface area (Å²) in [5.74, 6) is -1.63. The van der Waals surface area contributed by atoms with E-state index in [-0.39, 0.29) is 36.6 Å². The van der Waals surface area contributed by atoms with Crippen LogP contribution >= 0.6 is 11.8 Å². The molecular weight excluding hydrogens is 392 g/mol. The molecule has 10 nitrogen and oxygen atoms in total. The molecule has 146 valence electrons. The largest absolute Gasteiger partial charge is 0.477 e. The van der Waals surface area contributed by atoms with E-state index in [1.54, 1.807) is 0 Å². The first-order chi connectivity index (χ1) is 13.5. The van der Waals surface area contributed by atoms with Gasteiger partial charge in [0.05, 0.1) is 6.42 Å². The number of thioether (sulfide) groups is 1. The topological polar surface area (TPSA) is 139 Å². The molecule has 0 bridgehead atoms. The molecule has 3 rings (SSSR count). The van der Waals surface area contributed by atoms with Crippen molar-refractivity contribution in [2.75, 3.05) is 5.75 Å². The summed E-state index contributed by atoms with van der Waals surface area (Å²) in [6.45, 7) is 0.384. The van der Waals surface area contributed by atoms with Gasteiger partial charge in [-0.15, -0.1) is 11.8 Å². The molecule has 1 saturated heterocycles. The highest BCUT2D eigenvalue weighted by atomic mass is 32.2. The maximum absolute atomic E-state index is 12.4. The lowest BCUT2D eigenvalue weighted by molar-refractivity contribution is -0.150. The van der Waals surface area contributed by atoms with E-state index in [0.717, 1.165) is 4.90 Å². The number of ether oxygens (including phenoxy) is 2. The Morgan fingerprint density at radius 1 is 1.29 bits per heavy atom. The van der Waals surface area contributed by atoms with Gasteiger partial charge >= 0.3 is 5.97 Å². The van der Waals surface area contributed by atoms with Gasteiger partial charge in [0.25, 0.3) is 18.9 Å². The Bertz CT molecular complexity index is 884. The Hall–Kier alpha value is -3.34. The third-order valence-corrected chi connectivity index (χ3v) is 5.31. The second-order valence-electron chi connectivity index (χ2n) is 5.75. The monoisotopic (exact) mass is 406 g/mol. The van der Waals surface area contributed by atoms with Gasteiger partial charge in [0.1, 0.15) is 28.6 Å². The van der Waals surface area contributed by atoms with Crippen molar-refractivity contribution >= 4 is 42.5 Å². The first-order valence-corrected chi connectivity index (χ1v) is 9.02. The number of nitrogens with one attached hydrogen (secondary N) is 1. The Kier molecular flexibility index (Phi) is 5.64. The van der Waals surface area contributed by atoms with Crippen LogP contribution in [0.1, 0.15) is 5.56 Å². The maximum atomic E-state index is 12.4. The second kappa shape index (κ2) is 8.13. The van der Waals surface area contributed by atoms with Gasteiger partial charge in [-0.2, -0.15) is 0 Å². The molecule has 2 heterocycles. The van der Waals surface area contributed by atoms with Crippen molar-refractivity contribution in [3.63, 3.8) is 0 Å². The first-order valence-electron chi connectivity index (χ1n) is 7.97. The number of fused-ring (bicyclic) bond motifs is 1. The minimum atomic E-state index is -1.20. The molecule has 0 radical (unpaired) electrons. The highest BCUT2D eigenvalue weighted by Crippen LogP contribution is 2.37. The van der Waals surface area contributed by atoms with Crippen LogP contribution in [0.5, 0.6) is 11.5 Å². The molecule has 1 fully saturated rings. The lowest BCUT2D eigenvalue weighted by Gasteiger charge is -2.48. The lowest BCUT2D eigenvalue weighted by atomic mass is 10.0. The van der Waals surface area contributed by atoms with Crippen LogP contribution in [0, 0.1) is 0 Å². The van der Waals surface area contributed by atoms with Crippen molar-refractivity contribution in [1.82, 2.24) is 10.2 Å². The number of carbonyl (C=O) groups is 5. The van der Waals surface area contributed by atoms with Crippen LogP contribution in [0.15, 0.2) is 30.0 Å². The minimum absolute atomic E-state index is 0.0363. The Balaban J connectivity index is 1.67. The van der Waals surface area contributed by atoms with Crippen LogP contribution in [0.3, 0.4) is 0 Å². The minimum Gasteiger partial charge on any atom is -0.477 e. The maximum Gasteiger partial charge on any atom is 0.352 e. The van der Waals surface area contributed by atoms with Crippen LogP contribution in [0.4, 0.5) is 0 Å². The predicted molar refractivity (Wildman–Crippen MR) is 94.3 cm³/mol. The van der Waals surface area contributed by atoms with Gasteiger partial charge in [-0.1, -0.05) is 6.07 Å². The van der Waals surface area contributed by atoms with Crippen LogP contribution in [0.25, 0.3) is 0 Å². The number of rotatable bonds is 8. The number of benzene rings is 1. The zero-order valence-electron chi connectivity index (χ0n) is 14.2. The molecule has 0 saturated carbocycles. The van der Waals surface area contributed by atoms with Crippen LogP contribution < -0.4 is 14.8 Å². The van der Waals surface area contributed by atoms with E-state index in [0.29, 0.717) is 11.3 Å². The van der Waals surface area contributed by atoms with E-state index in [2.05, 4.69) is 10.1 Å². The highest BCUT2D eigenvalue weighted by Gasteiger charge is 2.52. The van der Waals surface area contributed by atoms with E-state index >= 15 is 0 Å². The predicted octanol–water partition coefficient (Wildman–Crippen LogP) is -0.332. The summed E-state index contributed by atoms with van der Waals surface area (Å²) in [6, 6.07) is 3.31. The van der Waals surface area contributed by atoms with E-state index in [4.69, 9.17) is 9.84 Å². The summed E-state index contributed by atoms with van der Waals surface area (Å²) in [6.07, 6.45) is 1.25. The molecule has 0 spiro atoms. The quantitative estimate of drug-likeness (QED) is 0.439. The summed E-state index contributed by atoms with van der Waals surface area (Å²) >= 11 is 1.34.